The Balaban J connectivity index is 1.29. The first-order valence-corrected chi connectivity index (χ1v) is 12.2. The number of para-hydroxylation sites is 1. The fourth-order valence-electron chi connectivity index (χ4n) is 3.63. The van der Waals surface area contributed by atoms with E-state index in [0.29, 0.717) is 23.6 Å². The molecule has 1 aromatic heterocycles. The minimum Gasteiger partial charge on any atom is -0.467 e. The predicted molar refractivity (Wildman–Crippen MR) is 125 cm³/mol. The third-order valence-electron chi connectivity index (χ3n) is 5.48. The summed E-state index contributed by atoms with van der Waals surface area (Å²) in [5.41, 5.74) is 0.872. The number of hydrogen-bond donors (Lipinski definition) is 1. The highest BCUT2D eigenvalue weighted by atomic mass is 32.2. The van der Waals surface area contributed by atoms with Crippen molar-refractivity contribution in [3.05, 3.63) is 84.3 Å². The summed E-state index contributed by atoms with van der Waals surface area (Å²) in [4.78, 5) is 26.9. The maximum Gasteiger partial charge on any atom is 0.340 e. The number of benzene rings is 2. The maximum absolute atomic E-state index is 12.7. The summed E-state index contributed by atoms with van der Waals surface area (Å²) in [6.45, 7) is 0.781. The van der Waals surface area contributed by atoms with Crippen molar-refractivity contribution in [3.8, 4) is 0 Å². The molecule has 2 aromatic carbocycles. The normalized spacial score (nSPS) is 14.5. The van der Waals surface area contributed by atoms with Crippen LogP contribution in [-0.2, 0) is 26.1 Å². The van der Waals surface area contributed by atoms with Gasteiger partial charge in [-0.2, -0.15) is 4.31 Å². The van der Waals surface area contributed by atoms with Crippen molar-refractivity contribution in [1.82, 2.24) is 9.21 Å². The van der Waals surface area contributed by atoms with Gasteiger partial charge in [0, 0.05) is 31.9 Å². The van der Waals surface area contributed by atoms with E-state index in [1.807, 2.05) is 6.07 Å². The Labute approximate surface area is 198 Å². The van der Waals surface area contributed by atoms with Crippen molar-refractivity contribution in [2.24, 2.45) is 0 Å². The second-order valence-corrected chi connectivity index (χ2v) is 9.59. The zero-order valence-corrected chi connectivity index (χ0v) is 19.2. The summed E-state index contributed by atoms with van der Waals surface area (Å²) >= 11 is 0. The van der Waals surface area contributed by atoms with Crippen LogP contribution in [0.5, 0.6) is 0 Å². The second-order valence-electron chi connectivity index (χ2n) is 7.65. The van der Waals surface area contributed by atoms with Crippen LogP contribution in [0.25, 0.3) is 0 Å². The lowest BCUT2D eigenvalue weighted by Crippen LogP contribution is -2.51. The molecule has 0 radical (unpaired) electrons. The molecule has 9 nitrogen and oxygen atoms in total. The molecular formula is C24H25N3O6S. The van der Waals surface area contributed by atoms with Crippen molar-refractivity contribution in [1.29, 1.82) is 0 Å². The zero-order valence-electron chi connectivity index (χ0n) is 18.4. The molecule has 1 saturated heterocycles. The van der Waals surface area contributed by atoms with Crippen LogP contribution in [-0.4, -0.2) is 62.3 Å². The van der Waals surface area contributed by atoms with Crippen LogP contribution in [0.15, 0.2) is 82.3 Å². The number of sulfonamides is 1. The van der Waals surface area contributed by atoms with Crippen LogP contribution in [0, 0.1) is 0 Å². The number of nitrogens with one attached hydrogen (secondary N) is 1. The zero-order chi connectivity index (χ0) is 24.0. The van der Waals surface area contributed by atoms with Gasteiger partial charge in [0.1, 0.15) is 5.76 Å². The Hall–Kier alpha value is -3.63. The number of rotatable bonds is 8. The molecule has 0 aliphatic carbocycles. The van der Waals surface area contributed by atoms with Crippen LogP contribution in [0.2, 0.25) is 0 Å². The fraction of sp³-hybridized carbons (Fsp3) is 0.250. The smallest absolute Gasteiger partial charge is 0.340 e. The Morgan fingerprint density at radius 2 is 1.62 bits per heavy atom. The summed E-state index contributed by atoms with van der Waals surface area (Å²) in [5, 5.41) is 3.13. The van der Waals surface area contributed by atoms with Gasteiger partial charge in [-0.3, -0.25) is 4.79 Å². The number of esters is 1. The first-order valence-electron chi connectivity index (χ1n) is 10.8. The lowest BCUT2D eigenvalue weighted by atomic mass is 10.2. The van der Waals surface area contributed by atoms with Gasteiger partial charge in [-0.15, -0.1) is 0 Å². The van der Waals surface area contributed by atoms with Crippen LogP contribution in [0.1, 0.15) is 16.1 Å². The summed E-state index contributed by atoms with van der Waals surface area (Å²) < 4.78 is 37.4. The highest BCUT2D eigenvalue weighted by Crippen LogP contribution is 2.19. The average molecular weight is 484 g/mol. The van der Waals surface area contributed by atoms with E-state index >= 15 is 0 Å². The second kappa shape index (κ2) is 10.5. The number of carbonyl (C=O) groups excluding carboxylic acids is 2. The standard InChI is InChI=1S/C24H25N3O6S/c28-23(26-12-14-27(15-13-26)34(30,31)20-8-2-1-3-9-20)18-33-24(29)21-10-4-5-11-22(21)25-17-19-7-6-16-32-19/h1-11,16,25H,12-15,17-18H2. The third-order valence-corrected chi connectivity index (χ3v) is 7.39. The average Bonchev–Trinajstić information content (AvgIpc) is 3.40. The Morgan fingerprint density at radius 1 is 0.912 bits per heavy atom. The summed E-state index contributed by atoms with van der Waals surface area (Å²) in [5.74, 6) is -0.279. The lowest BCUT2D eigenvalue weighted by Gasteiger charge is -2.33. The molecule has 2 heterocycles. The Morgan fingerprint density at radius 3 is 2.32 bits per heavy atom. The monoisotopic (exact) mass is 483 g/mol. The molecule has 1 N–H and O–H groups in total. The van der Waals surface area contributed by atoms with Crippen LogP contribution in [0.4, 0.5) is 5.69 Å². The molecule has 1 aliphatic rings. The van der Waals surface area contributed by atoms with Crippen molar-refractivity contribution in [2.75, 3.05) is 38.1 Å². The third kappa shape index (κ3) is 5.46. The molecule has 0 atom stereocenters. The van der Waals surface area contributed by atoms with E-state index in [-0.39, 0.29) is 37.0 Å². The molecule has 1 amide bonds. The molecule has 10 heteroatoms. The maximum atomic E-state index is 12.7. The minimum absolute atomic E-state index is 0.177. The van der Waals surface area contributed by atoms with Crippen molar-refractivity contribution >= 4 is 27.6 Å². The SMILES string of the molecule is O=C(OCC(=O)N1CCN(S(=O)(=O)c2ccccc2)CC1)c1ccccc1NCc1ccco1. The van der Waals surface area contributed by atoms with Crippen LogP contribution >= 0.6 is 0 Å². The van der Waals surface area contributed by atoms with Crippen molar-refractivity contribution in [2.45, 2.75) is 11.4 Å². The highest BCUT2D eigenvalue weighted by Gasteiger charge is 2.30. The molecule has 1 fully saturated rings. The van der Waals surface area contributed by atoms with Gasteiger partial charge in [0.05, 0.1) is 23.3 Å². The van der Waals surface area contributed by atoms with E-state index in [1.54, 1.807) is 66.9 Å². The van der Waals surface area contributed by atoms with Gasteiger partial charge in [0.15, 0.2) is 6.61 Å². The lowest BCUT2D eigenvalue weighted by molar-refractivity contribution is -0.135. The van der Waals surface area contributed by atoms with Gasteiger partial charge in [0.25, 0.3) is 5.91 Å². The van der Waals surface area contributed by atoms with E-state index < -0.39 is 22.6 Å². The van der Waals surface area contributed by atoms with Gasteiger partial charge in [0.2, 0.25) is 10.0 Å². The largest absolute Gasteiger partial charge is 0.467 e. The Bertz CT molecular complexity index is 1220. The molecule has 3 aromatic rings. The van der Waals surface area contributed by atoms with Crippen molar-refractivity contribution < 1.29 is 27.2 Å². The highest BCUT2D eigenvalue weighted by molar-refractivity contribution is 7.89. The van der Waals surface area contributed by atoms with E-state index in [2.05, 4.69) is 5.32 Å². The van der Waals surface area contributed by atoms with Gasteiger partial charge in [-0.1, -0.05) is 30.3 Å². The molecule has 34 heavy (non-hydrogen) atoms. The van der Waals surface area contributed by atoms with Gasteiger partial charge < -0.3 is 19.4 Å². The number of hydrogen-bond acceptors (Lipinski definition) is 7. The number of piperazine rings is 1. The number of carbonyl (C=O) groups is 2. The minimum atomic E-state index is -3.60. The summed E-state index contributed by atoms with van der Waals surface area (Å²) in [6.07, 6.45) is 1.57. The fourth-order valence-corrected chi connectivity index (χ4v) is 5.07. The molecule has 0 bridgehead atoms. The molecule has 0 unspecified atom stereocenters. The van der Waals surface area contributed by atoms with E-state index in [9.17, 15) is 18.0 Å². The summed E-state index contributed by atoms with van der Waals surface area (Å²) in [7, 11) is -3.60. The molecule has 178 valence electrons. The molecule has 4 rings (SSSR count). The molecule has 1 aliphatic heterocycles. The molecular weight excluding hydrogens is 458 g/mol. The van der Waals surface area contributed by atoms with Crippen LogP contribution in [0.3, 0.4) is 0 Å². The number of furan rings is 1. The quantitative estimate of drug-likeness (QED) is 0.491. The number of amides is 1. The number of ether oxygens (including phenoxy) is 1. The van der Waals surface area contributed by atoms with E-state index in [0.717, 1.165) is 0 Å². The molecule has 0 saturated carbocycles. The predicted octanol–water partition coefficient (Wildman–Crippen LogP) is 2.58. The first-order chi connectivity index (χ1) is 16.4. The molecule has 0 spiro atoms. The Kier molecular flexibility index (Phi) is 7.29. The van der Waals surface area contributed by atoms with Gasteiger partial charge >= 0.3 is 5.97 Å². The van der Waals surface area contributed by atoms with E-state index in [4.69, 9.17) is 9.15 Å². The van der Waals surface area contributed by atoms with Crippen LogP contribution < -0.4 is 5.32 Å². The summed E-state index contributed by atoms with van der Waals surface area (Å²) in [6, 6.07) is 18.6. The van der Waals surface area contributed by atoms with Gasteiger partial charge in [-0.25, -0.2) is 13.2 Å². The number of nitrogens with zero attached hydrogens (tertiary/aromatic N) is 2. The number of anilines is 1. The van der Waals surface area contributed by atoms with Gasteiger partial charge in [-0.05, 0) is 36.4 Å². The van der Waals surface area contributed by atoms with E-state index in [1.165, 1.54) is 9.21 Å². The topological polar surface area (TPSA) is 109 Å². The first kappa shape index (κ1) is 23.5. The van der Waals surface area contributed by atoms with Crippen molar-refractivity contribution in [3.63, 3.8) is 0 Å².